The number of amides is 1. The molecule has 2 N–H and O–H groups in total. The van der Waals surface area contributed by atoms with Crippen LogP contribution in [0.2, 0.25) is 0 Å². The van der Waals surface area contributed by atoms with Gasteiger partial charge in [-0.3, -0.25) is 4.79 Å². The van der Waals surface area contributed by atoms with E-state index in [4.69, 9.17) is 0 Å². The Morgan fingerprint density at radius 3 is 2.57 bits per heavy atom. The van der Waals surface area contributed by atoms with Crippen molar-refractivity contribution in [2.75, 3.05) is 11.4 Å². The highest BCUT2D eigenvalue weighted by Crippen LogP contribution is 2.32. The summed E-state index contributed by atoms with van der Waals surface area (Å²) >= 11 is 0. The summed E-state index contributed by atoms with van der Waals surface area (Å²) in [6.45, 7) is 6.99. The fraction of sp³-hybridized carbons (Fsp3) is 0.591. The van der Waals surface area contributed by atoms with Crippen molar-refractivity contribution in [3.63, 3.8) is 0 Å². The van der Waals surface area contributed by atoms with Crippen LogP contribution in [0, 0.1) is 5.92 Å². The third-order valence-corrected chi connectivity index (χ3v) is 6.47. The van der Waals surface area contributed by atoms with Crippen molar-refractivity contribution in [1.82, 2.24) is 15.3 Å². The first-order valence-corrected chi connectivity index (χ1v) is 10.4. The number of pyridine rings is 2. The molecular formula is C22H30N4O2. The summed E-state index contributed by atoms with van der Waals surface area (Å²) in [4.78, 5) is 24.0. The maximum absolute atomic E-state index is 12.7. The molecule has 28 heavy (non-hydrogen) atoms. The molecule has 0 bridgehead atoms. The van der Waals surface area contributed by atoms with Crippen molar-refractivity contribution in [3.8, 4) is 0 Å². The quantitative estimate of drug-likeness (QED) is 0.848. The number of nitrogens with one attached hydrogen (secondary N) is 1. The van der Waals surface area contributed by atoms with E-state index in [0.717, 1.165) is 43.4 Å². The number of aromatic nitrogens is 2. The van der Waals surface area contributed by atoms with Gasteiger partial charge in [-0.2, -0.15) is 0 Å². The molecule has 0 radical (unpaired) electrons. The van der Waals surface area contributed by atoms with E-state index in [1.165, 1.54) is 6.42 Å². The van der Waals surface area contributed by atoms with Gasteiger partial charge in [0.25, 0.3) is 5.91 Å². The molecule has 1 saturated heterocycles. The normalized spacial score (nSPS) is 25.4. The van der Waals surface area contributed by atoms with Crippen molar-refractivity contribution in [3.05, 3.63) is 30.0 Å². The topological polar surface area (TPSA) is 78.4 Å². The van der Waals surface area contributed by atoms with E-state index in [1.807, 2.05) is 32.0 Å². The number of carbonyl (C=O) groups is 1. The van der Waals surface area contributed by atoms with Crippen LogP contribution in [-0.2, 0) is 0 Å². The molecule has 4 rings (SSSR count). The average molecular weight is 383 g/mol. The number of nitrogens with zero attached hydrogens (tertiary/aromatic N) is 3. The van der Waals surface area contributed by atoms with Gasteiger partial charge in [0.15, 0.2) is 5.65 Å². The van der Waals surface area contributed by atoms with Gasteiger partial charge in [-0.05, 0) is 77.0 Å². The maximum Gasteiger partial charge on any atom is 0.253 e. The molecule has 2 aromatic heterocycles. The fourth-order valence-corrected chi connectivity index (χ4v) is 4.35. The molecule has 1 saturated carbocycles. The maximum atomic E-state index is 12.7. The van der Waals surface area contributed by atoms with Crippen LogP contribution in [-0.4, -0.2) is 45.2 Å². The average Bonchev–Trinajstić information content (AvgIpc) is 2.66. The molecule has 6 heteroatoms. The lowest BCUT2D eigenvalue weighted by atomic mass is 9.77. The minimum absolute atomic E-state index is 0.0819. The van der Waals surface area contributed by atoms with Crippen LogP contribution in [0.25, 0.3) is 11.0 Å². The van der Waals surface area contributed by atoms with E-state index in [1.54, 1.807) is 6.20 Å². The van der Waals surface area contributed by atoms with Crippen LogP contribution in [0.3, 0.4) is 0 Å². The lowest BCUT2D eigenvalue weighted by Gasteiger charge is -2.39. The van der Waals surface area contributed by atoms with Crippen LogP contribution in [0.5, 0.6) is 0 Å². The smallest absolute Gasteiger partial charge is 0.253 e. The Morgan fingerprint density at radius 2 is 1.96 bits per heavy atom. The van der Waals surface area contributed by atoms with Crippen molar-refractivity contribution in [1.29, 1.82) is 0 Å². The zero-order chi connectivity index (χ0) is 19.9. The van der Waals surface area contributed by atoms with E-state index >= 15 is 0 Å². The van der Waals surface area contributed by atoms with Crippen LogP contribution >= 0.6 is 0 Å². The zero-order valence-corrected chi connectivity index (χ0v) is 17.0. The lowest BCUT2D eigenvalue weighted by Crippen LogP contribution is -2.46. The third-order valence-electron chi connectivity index (χ3n) is 6.47. The minimum atomic E-state index is -0.642. The fourth-order valence-electron chi connectivity index (χ4n) is 4.35. The Balaban J connectivity index is 1.41. The van der Waals surface area contributed by atoms with Gasteiger partial charge in [0.1, 0.15) is 5.82 Å². The molecule has 1 atom stereocenters. The molecular weight excluding hydrogens is 352 g/mol. The molecule has 3 heterocycles. The van der Waals surface area contributed by atoms with Crippen molar-refractivity contribution < 1.29 is 9.90 Å². The largest absolute Gasteiger partial charge is 0.390 e. The molecule has 1 aliphatic carbocycles. The summed E-state index contributed by atoms with van der Waals surface area (Å²) in [5, 5.41) is 14.2. The first-order valence-electron chi connectivity index (χ1n) is 10.4. The van der Waals surface area contributed by atoms with Crippen molar-refractivity contribution >= 4 is 22.8 Å². The number of hydrogen-bond acceptors (Lipinski definition) is 5. The van der Waals surface area contributed by atoms with E-state index in [2.05, 4.69) is 27.1 Å². The zero-order valence-electron chi connectivity index (χ0n) is 17.0. The van der Waals surface area contributed by atoms with E-state index < -0.39 is 5.60 Å². The highest BCUT2D eigenvalue weighted by molar-refractivity contribution is 5.97. The predicted octanol–water partition coefficient (Wildman–Crippen LogP) is 3.29. The number of hydrogen-bond donors (Lipinski definition) is 2. The Hall–Kier alpha value is -2.21. The third kappa shape index (κ3) is 3.83. The summed E-state index contributed by atoms with van der Waals surface area (Å²) in [5.41, 5.74) is 0.611. The highest BCUT2D eigenvalue weighted by Gasteiger charge is 2.32. The van der Waals surface area contributed by atoms with Crippen LogP contribution in [0.1, 0.15) is 63.2 Å². The van der Waals surface area contributed by atoms with Gasteiger partial charge in [0.05, 0.1) is 11.2 Å². The standard InChI is InChI=1S/C22H30N4O2/c1-14-10-11-26(14)19-9-4-15-12-16(13-23-20(15)25-19)21(27)24-18-7-5-17(6-8-18)22(2,3)28/h4,9,12-14,17-18,28H,5-8,10-11H2,1-3H3,(H,24,27)/t14-,17?,18?/m0/s1. The van der Waals surface area contributed by atoms with Crippen LogP contribution in [0.4, 0.5) is 5.82 Å². The summed E-state index contributed by atoms with van der Waals surface area (Å²) in [7, 11) is 0. The first-order chi connectivity index (χ1) is 13.3. The van der Waals surface area contributed by atoms with Crippen LogP contribution < -0.4 is 10.2 Å². The second-order valence-electron chi connectivity index (χ2n) is 8.95. The van der Waals surface area contributed by atoms with Gasteiger partial charge in [0, 0.05) is 30.2 Å². The minimum Gasteiger partial charge on any atom is -0.390 e. The molecule has 2 aromatic rings. The van der Waals surface area contributed by atoms with E-state index in [9.17, 15) is 9.90 Å². The molecule has 2 fully saturated rings. The van der Waals surface area contributed by atoms with E-state index in [0.29, 0.717) is 23.2 Å². The highest BCUT2D eigenvalue weighted by atomic mass is 16.3. The van der Waals surface area contributed by atoms with Gasteiger partial charge >= 0.3 is 0 Å². The number of fused-ring (bicyclic) bond motifs is 1. The Bertz CT molecular complexity index is 868. The Morgan fingerprint density at radius 1 is 1.21 bits per heavy atom. The molecule has 1 amide bonds. The summed E-state index contributed by atoms with van der Waals surface area (Å²) < 4.78 is 0. The second kappa shape index (κ2) is 7.32. The van der Waals surface area contributed by atoms with Gasteiger partial charge in [-0.1, -0.05) is 0 Å². The number of carbonyl (C=O) groups excluding carboxylic acids is 1. The van der Waals surface area contributed by atoms with E-state index in [-0.39, 0.29) is 11.9 Å². The molecule has 0 unspecified atom stereocenters. The van der Waals surface area contributed by atoms with Crippen molar-refractivity contribution in [2.45, 2.75) is 70.6 Å². The number of anilines is 1. The molecule has 1 aliphatic heterocycles. The molecule has 6 nitrogen and oxygen atoms in total. The summed E-state index contributed by atoms with van der Waals surface area (Å²) in [6, 6.07) is 6.58. The Labute approximate surface area is 166 Å². The lowest BCUT2D eigenvalue weighted by molar-refractivity contribution is -0.00257. The monoisotopic (exact) mass is 382 g/mol. The molecule has 2 aliphatic rings. The van der Waals surface area contributed by atoms with Crippen molar-refractivity contribution in [2.24, 2.45) is 5.92 Å². The van der Waals surface area contributed by atoms with Gasteiger partial charge < -0.3 is 15.3 Å². The molecule has 0 spiro atoms. The summed E-state index contributed by atoms with van der Waals surface area (Å²) in [5.74, 6) is 1.18. The second-order valence-corrected chi connectivity index (χ2v) is 8.95. The van der Waals surface area contributed by atoms with Crippen LogP contribution in [0.15, 0.2) is 24.4 Å². The number of rotatable bonds is 4. The summed E-state index contributed by atoms with van der Waals surface area (Å²) in [6.07, 6.45) is 6.50. The Kier molecular flexibility index (Phi) is 5.00. The predicted molar refractivity (Wildman–Crippen MR) is 110 cm³/mol. The molecule has 150 valence electrons. The van der Waals surface area contributed by atoms with Gasteiger partial charge in [-0.15, -0.1) is 0 Å². The number of aliphatic hydroxyl groups is 1. The molecule has 0 aromatic carbocycles. The van der Waals surface area contributed by atoms with Gasteiger partial charge in [-0.25, -0.2) is 9.97 Å². The first kappa shape index (κ1) is 19.1. The SMILES string of the molecule is C[C@H]1CCN1c1ccc2cc(C(=O)NC3CCC(C(C)(C)O)CC3)cnc2n1. The van der Waals surface area contributed by atoms with Gasteiger partial charge in [0.2, 0.25) is 0 Å².